The van der Waals surface area contributed by atoms with E-state index in [-0.39, 0.29) is 6.29 Å². The molecule has 1 unspecified atom stereocenters. The highest BCUT2D eigenvalue weighted by Gasteiger charge is 2.14. The molecule has 0 radical (unpaired) electrons. The Morgan fingerprint density at radius 3 is 2.81 bits per heavy atom. The van der Waals surface area contributed by atoms with E-state index in [9.17, 15) is 0 Å². The van der Waals surface area contributed by atoms with E-state index in [0.717, 1.165) is 45.9 Å². The first-order chi connectivity index (χ1) is 7.83. The molecule has 0 aromatic rings. The van der Waals surface area contributed by atoms with Crippen LogP contribution in [0.1, 0.15) is 13.3 Å². The smallest absolute Gasteiger partial charge is 0.169 e. The van der Waals surface area contributed by atoms with Gasteiger partial charge in [0.05, 0.1) is 19.8 Å². The molecular weight excluding hydrogens is 208 g/mol. The lowest BCUT2D eigenvalue weighted by molar-refractivity contribution is -0.175. The van der Waals surface area contributed by atoms with Gasteiger partial charge in [0, 0.05) is 32.8 Å². The summed E-state index contributed by atoms with van der Waals surface area (Å²) in [5.74, 6) is 0. The van der Waals surface area contributed by atoms with Crippen LogP contribution < -0.4 is 10.6 Å². The molecule has 96 valence electrons. The molecule has 5 heteroatoms. The molecule has 1 heterocycles. The van der Waals surface area contributed by atoms with Crippen molar-refractivity contribution in [2.24, 2.45) is 0 Å². The topological polar surface area (TPSA) is 51.8 Å². The largest absolute Gasteiger partial charge is 0.383 e. The summed E-state index contributed by atoms with van der Waals surface area (Å²) in [5.41, 5.74) is 0. The molecule has 0 saturated carbocycles. The first-order valence-corrected chi connectivity index (χ1v) is 5.99. The van der Waals surface area contributed by atoms with E-state index >= 15 is 0 Å². The molecule has 0 aliphatic carbocycles. The molecule has 0 bridgehead atoms. The summed E-state index contributed by atoms with van der Waals surface area (Å²) in [7, 11) is 1.71. The average Bonchev–Trinajstić information content (AvgIpc) is 2.33. The van der Waals surface area contributed by atoms with Gasteiger partial charge in [-0.3, -0.25) is 0 Å². The molecule has 0 amide bonds. The zero-order valence-electron chi connectivity index (χ0n) is 10.3. The molecule has 1 aliphatic heterocycles. The van der Waals surface area contributed by atoms with Gasteiger partial charge in [-0.2, -0.15) is 0 Å². The van der Waals surface area contributed by atoms with E-state index in [2.05, 4.69) is 17.6 Å². The molecule has 16 heavy (non-hydrogen) atoms. The van der Waals surface area contributed by atoms with Crippen LogP contribution in [0.25, 0.3) is 0 Å². The van der Waals surface area contributed by atoms with Crippen LogP contribution in [0.5, 0.6) is 0 Å². The van der Waals surface area contributed by atoms with Crippen molar-refractivity contribution in [3.63, 3.8) is 0 Å². The van der Waals surface area contributed by atoms with Gasteiger partial charge in [0.15, 0.2) is 6.29 Å². The van der Waals surface area contributed by atoms with Crippen LogP contribution >= 0.6 is 0 Å². The Bertz CT molecular complexity index is 163. The zero-order chi connectivity index (χ0) is 11.6. The second-order valence-corrected chi connectivity index (χ2v) is 4.03. The van der Waals surface area contributed by atoms with Gasteiger partial charge in [0.25, 0.3) is 0 Å². The lowest BCUT2D eigenvalue weighted by Crippen LogP contribution is -2.43. The lowest BCUT2D eigenvalue weighted by atomic mass is 10.3. The lowest BCUT2D eigenvalue weighted by Gasteiger charge is -2.25. The molecule has 1 aliphatic rings. The van der Waals surface area contributed by atoms with Crippen LogP contribution in [0.15, 0.2) is 0 Å². The van der Waals surface area contributed by atoms with E-state index in [0.29, 0.717) is 6.04 Å². The van der Waals surface area contributed by atoms with Crippen LogP contribution in [0.2, 0.25) is 0 Å². The molecule has 1 saturated heterocycles. The van der Waals surface area contributed by atoms with Gasteiger partial charge in [-0.25, -0.2) is 0 Å². The first kappa shape index (κ1) is 13.9. The van der Waals surface area contributed by atoms with Crippen molar-refractivity contribution < 1.29 is 14.2 Å². The van der Waals surface area contributed by atoms with Crippen molar-refractivity contribution >= 4 is 0 Å². The van der Waals surface area contributed by atoms with Gasteiger partial charge in [-0.05, 0) is 13.3 Å². The number of nitrogens with one attached hydrogen (secondary N) is 2. The Morgan fingerprint density at radius 1 is 1.38 bits per heavy atom. The summed E-state index contributed by atoms with van der Waals surface area (Å²) in [4.78, 5) is 0. The van der Waals surface area contributed by atoms with Crippen molar-refractivity contribution in [2.45, 2.75) is 25.7 Å². The maximum Gasteiger partial charge on any atom is 0.169 e. The molecule has 0 aromatic heterocycles. The Kier molecular flexibility index (Phi) is 7.71. The summed E-state index contributed by atoms with van der Waals surface area (Å²) >= 11 is 0. The highest BCUT2D eigenvalue weighted by Crippen LogP contribution is 2.03. The Morgan fingerprint density at radius 2 is 2.12 bits per heavy atom. The van der Waals surface area contributed by atoms with Gasteiger partial charge in [-0.1, -0.05) is 0 Å². The van der Waals surface area contributed by atoms with Crippen molar-refractivity contribution in [1.29, 1.82) is 0 Å². The van der Waals surface area contributed by atoms with E-state index in [1.165, 1.54) is 0 Å². The van der Waals surface area contributed by atoms with E-state index in [4.69, 9.17) is 14.2 Å². The minimum atomic E-state index is -0.0739. The molecular formula is C11H24N2O3. The third-order valence-electron chi connectivity index (χ3n) is 2.46. The molecule has 1 atom stereocenters. The SMILES string of the molecule is COCCNCC(C)NCC1OCCCO1. The molecule has 5 nitrogen and oxygen atoms in total. The Labute approximate surface area is 97.8 Å². The normalized spacial score (nSPS) is 19.9. The fourth-order valence-corrected chi connectivity index (χ4v) is 1.52. The minimum absolute atomic E-state index is 0.0739. The van der Waals surface area contributed by atoms with Crippen molar-refractivity contribution in [3.8, 4) is 0 Å². The summed E-state index contributed by atoms with van der Waals surface area (Å²) in [6.45, 7) is 7.09. The van der Waals surface area contributed by atoms with E-state index in [1.807, 2.05) is 0 Å². The van der Waals surface area contributed by atoms with Gasteiger partial charge in [0.2, 0.25) is 0 Å². The quantitative estimate of drug-likeness (QED) is 0.575. The minimum Gasteiger partial charge on any atom is -0.383 e. The van der Waals surface area contributed by atoms with Crippen LogP contribution in [0, 0.1) is 0 Å². The predicted molar refractivity (Wildman–Crippen MR) is 62.5 cm³/mol. The third kappa shape index (κ3) is 6.40. The summed E-state index contributed by atoms with van der Waals surface area (Å²) in [6.07, 6.45) is 0.931. The van der Waals surface area contributed by atoms with E-state index in [1.54, 1.807) is 7.11 Å². The second kappa shape index (κ2) is 8.90. The molecule has 0 spiro atoms. The van der Waals surface area contributed by atoms with Crippen LogP contribution in [0.4, 0.5) is 0 Å². The highest BCUT2D eigenvalue weighted by atomic mass is 16.7. The summed E-state index contributed by atoms with van der Waals surface area (Å²) in [5, 5.41) is 6.68. The fourth-order valence-electron chi connectivity index (χ4n) is 1.52. The first-order valence-electron chi connectivity index (χ1n) is 5.99. The van der Waals surface area contributed by atoms with Crippen LogP contribution in [-0.4, -0.2) is 58.9 Å². The van der Waals surface area contributed by atoms with Crippen molar-refractivity contribution in [1.82, 2.24) is 10.6 Å². The number of methoxy groups -OCH3 is 1. The number of hydrogen-bond donors (Lipinski definition) is 2. The Balaban J connectivity index is 1.94. The molecule has 0 aromatic carbocycles. The van der Waals surface area contributed by atoms with Gasteiger partial charge >= 0.3 is 0 Å². The fraction of sp³-hybridized carbons (Fsp3) is 1.00. The van der Waals surface area contributed by atoms with Gasteiger partial charge in [0.1, 0.15) is 0 Å². The van der Waals surface area contributed by atoms with E-state index < -0.39 is 0 Å². The van der Waals surface area contributed by atoms with Crippen LogP contribution in [-0.2, 0) is 14.2 Å². The summed E-state index contributed by atoms with van der Waals surface area (Å²) < 4.78 is 15.8. The second-order valence-electron chi connectivity index (χ2n) is 4.03. The maximum absolute atomic E-state index is 5.45. The number of rotatable bonds is 8. The number of ether oxygens (including phenoxy) is 3. The molecule has 2 N–H and O–H groups in total. The van der Waals surface area contributed by atoms with Crippen molar-refractivity contribution in [2.75, 3.05) is 46.6 Å². The average molecular weight is 232 g/mol. The van der Waals surface area contributed by atoms with Gasteiger partial charge < -0.3 is 24.8 Å². The standard InChI is InChI=1S/C11H24N2O3/c1-10(8-12-4-7-14-2)13-9-11-15-5-3-6-16-11/h10-13H,3-9H2,1-2H3. The highest BCUT2D eigenvalue weighted by molar-refractivity contribution is 4.65. The summed E-state index contributed by atoms with van der Waals surface area (Å²) in [6, 6.07) is 0.408. The predicted octanol–water partition coefficient (Wildman–Crippen LogP) is -0.0365. The monoisotopic (exact) mass is 232 g/mol. The molecule has 1 rings (SSSR count). The zero-order valence-corrected chi connectivity index (χ0v) is 10.3. The van der Waals surface area contributed by atoms with Gasteiger partial charge in [-0.15, -0.1) is 0 Å². The third-order valence-corrected chi connectivity index (χ3v) is 2.46. The maximum atomic E-state index is 5.45. The Hall–Kier alpha value is -0.200. The van der Waals surface area contributed by atoms with Crippen molar-refractivity contribution in [3.05, 3.63) is 0 Å². The number of hydrogen-bond acceptors (Lipinski definition) is 5. The molecule has 1 fully saturated rings. The van der Waals surface area contributed by atoms with Crippen LogP contribution in [0.3, 0.4) is 0 Å².